The second-order valence-electron chi connectivity index (χ2n) is 16.3. The zero-order valence-electron chi connectivity index (χ0n) is 37.9. The average Bonchev–Trinajstić information content (AvgIpc) is 3.24. The van der Waals surface area contributed by atoms with Crippen LogP contribution in [0.5, 0.6) is 0 Å². The molecule has 0 aromatic heterocycles. The molecule has 360 valence electrons. The Hall–Kier alpha value is -5.71. The number of hydrogen-bond donors (Lipinski definition) is 13. The summed E-state index contributed by atoms with van der Waals surface area (Å²) in [4.78, 5) is 117. The van der Waals surface area contributed by atoms with Gasteiger partial charge in [-0.3, -0.25) is 43.2 Å². The number of aliphatic hydroxyl groups excluding tert-OH is 2. The van der Waals surface area contributed by atoms with E-state index in [9.17, 15) is 53.4 Å². The normalized spacial score (nSPS) is 15.8. The maximum Gasteiger partial charge on any atom is 0.245 e. The van der Waals surface area contributed by atoms with Gasteiger partial charge in [0.15, 0.2) is 0 Å². The van der Waals surface area contributed by atoms with E-state index >= 15 is 0 Å². The van der Waals surface area contributed by atoms with Gasteiger partial charge in [0.05, 0.1) is 19.3 Å². The first kappa shape index (κ1) is 56.3. The molecule has 22 nitrogen and oxygen atoms in total. The van der Waals surface area contributed by atoms with E-state index in [1.165, 1.54) is 20.8 Å². The number of carbonyl (C=O) groups excluding carboxylic acids is 9. The number of carbonyl (C=O) groups is 9. The Morgan fingerprint density at radius 3 is 1.41 bits per heavy atom. The fourth-order valence-electron chi connectivity index (χ4n) is 6.10. The van der Waals surface area contributed by atoms with Gasteiger partial charge in [-0.1, -0.05) is 64.4 Å². The zero-order chi connectivity index (χ0) is 48.7. The highest BCUT2D eigenvalue weighted by molar-refractivity contribution is 5.98. The molecule has 9 amide bonds. The number of unbranched alkanes of at least 4 members (excludes halogenated alkanes) is 1. The van der Waals surface area contributed by atoms with Crippen LogP contribution in [0.1, 0.15) is 86.1 Å². The number of nitrogens with two attached hydrogens (primary N) is 3. The van der Waals surface area contributed by atoms with Crippen LogP contribution < -0.4 is 59.7 Å². The van der Waals surface area contributed by atoms with Gasteiger partial charge in [-0.25, -0.2) is 0 Å². The smallest absolute Gasteiger partial charge is 0.245 e. The third-order valence-electron chi connectivity index (χ3n) is 10.3. The van der Waals surface area contributed by atoms with Crippen molar-refractivity contribution < 1.29 is 53.4 Å². The number of benzene rings is 1. The van der Waals surface area contributed by atoms with Crippen LogP contribution >= 0.6 is 0 Å². The van der Waals surface area contributed by atoms with E-state index in [4.69, 9.17) is 17.2 Å². The highest BCUT2D eigenvalue weighted by Crippen LogP contribution is 2.10. The molecule has 0 radical (unpaired) electrons. The van der Waals surface area contributed by atoms with E-state index in [1.807, 2.05) is 6.92 Å². The third-order valence-corrected chi connectivity index (χ3v) is 10.3. The van der Waals surface area contributed by atoms with Crippen molar-refractivity contribution in [3.63, 3.8) is 0 Å². The summed E-state index contributed by atoms with van der Waals surface area (Å²) < 4.78 is 0. The first-order chi connectivity index (χ1) is 30.1. The van der Waals surface area contributed by atoms with Gasteiger partial charge in [-0.2, -0.15) is 0 Å². The number of primary amides is 1. The highest BCUT2D eigenvalue weighted by Gasteiger charge is 2.33. The van der Waals surface area contributed by atoms with Gasteiger partial charge in [0.25, 0.3) is 0 Å². The van der Waals surface area contributed by atoms with Crippen LogP contribution in [-0.2, 0) is 49.6 Å². The highest BCUT2D eigenvalue weighted by atomic mass is 16.3. The molecule has 0 aliphatic heterocycles. The summed E-state index contributed by atoms with van der Waals surface area (Å²) in [7, 11) is 0. The molecule has 0 fully saturated rings. The molecule has 0 unspecified atom stereocenters. The average molecular weight is 906 g/mol. The lowest BCUT2D eigenvalue weighted by Gasteiger charge is -2.27. The van der Waals surface area contributed by atoms with Crippen molar-refractivity contribution in [2.24, 2.45) is 29.0 Å². The first-order valence-corrected chi connectivity index (χ1v) is 21.5. The molecule has 1 rings (SSSR count). The summed E-state index contributed by atoms with van der Waals surface area (Å²) in [5.41, 5.74) is 17.9. The molecule has 0 saturated carbocycles. The lowest BCUT2D eigenvalue weighted by Crippen LogP contribution is -2.60. The molecule has 0 bridgehead atoms. The van der Waals surface area contributed by atoms with Crippen LogP contribution in [0, 0.1) is 11.8 Å². The number of hydrogen-bond acceptors (Lipinski definition) is 13. The second-order valence-corrected chi connectivity index (χ2v) is 16.3. The Kier molecular flexibility index (Phi) is 25.4. The Labute approximate surface area is 374 Å². The van der Waals surface area contributed by atoms with Crippen LogP contribution in [0.15, 0.2) is 30.3 Å². The Morgan fingerprint density at radius 1 is 0.562 bits per heavy atom. The van der Waals surface area contributed by atoms with Crippen LogP contribution in [0.3, 0.4) is 0 Å². The number of nitrogens with one attached hydrogen (secondary N) is 8. The van der Waals surface area contributed by atoms with E-state index in [2.05, 4.69) is 42.5 Å². The molecule has 16 N–H and O–H groups in total. The molecule has 1 aromatic rings. The molecular weight excluding hydrogens is 835 g/mol. The van der Waals surface area contributed by atoms with Crippen LogP contribution in [0.4, 0.5) is 0 Å². The van der Waals surface area contributed by atoms with E-state index in [0.29, 0.717) is 25.8 Å². The predicted molar refractivity (Wildman–Crippen MR) is 236 cm³/mol. The lowest BCUT2D eigenvalue weighted by atomic mass is 9.97. The maximum atomic E-state index is 13.5. The van der Waals surface area contributed by atoms with Gasteiger partial charge < -0.3 is 69.9 Å². The second kappa shape index (κ2) is 28.9. The van der Waals surface area contributed by atoms with Crippen LogP contribution in [0.2, 0.25) is 0 Å². The van der Waals surface area contributed by atoms with Crippen molar-refractivity contribution in [1.82, 2.24) is 42.5 Å². The van der Waals surface area contributed by atoms with Crippen molar-refractivity contribution in [2.75, 3.05) is 19.8 Å². The fraction of sp³-hybridized carbons (Fsp3) is 0.643. The van der Waals surface area contributed by atoms with Crippen molar-refractivity contribution >= 4 is 53.2 Å². The molecule has 0 aliphatic rings. The lowest BCUT2D eigenvalue weighted by molar-refractivity contribution is -0.136. The summed E-state index contributed by atoms with van der Waals surface area (Å²) in [6.45, 7) is 9.70. The summed E-state index contributed by atoms with van der Waals surface area (Å²) in [5.74, 6) is -7.63. The van der Waals surface area contributed by atoms with Crippen molar-refractivity contribution in [3.8, 4) is 0 Å². The minimum atomic E-state index is -1.60. The van der Waals surface area contributed by atoms with Crippen LogP contribution in [-0.4, -0.2) is 138 Å². The summed E-state index contributed by atoms with van der Waals surface area (Å²) in [6.07, 6.45) is 2.04. The number of amides is 9. The minimum absolute atomic E-state index is 0.112. The Morgan fingerprint density at radius 2 is 0.984 bits per heavy atom. The van der Waals surface area contributed by atoms with Gasteiger partial charge in [0.1, 0.15) is 48.3 Å². The summed E-state index contributed by atoms with van der Waals surface area (Å²) in [6, 6.07) is -2.32. The predicted octanol–water partition coefficient (Wildman–Crippen LogP) is -3.81. The topological polar surface area (TPSA) is 368 Å². The summed E-state index contributed by atoms with van der Waals surface area (Å²) >= 11 is 0. The molecule has 0 aliphatic carbocycles. The van der Waals surface area contributed by atoms with Crippen molar-refractivity contribution in [3.05, 3.63) is 35.9 Å². The maximum absolute atomic E-state index is 13.5. The zero-order valence-corrected chi connectivity index (χ0v) is 37.9. The van der Waals surface area contributed by atoms with E-state index < -0.39 is 121 Å². The first-order valence-electron chi connectivity index (χ1n) is 21.5. The van der Waals surface area contributed by atoms with E-state index in [-0.39, 0.29) is 31.1 Å². The van der Waals surface area contributed by atoms with E-state index in [0.717, 1.165) is 5.56 Å². The van der Waals surface area contributed by atoms with Gasteiger partial charge in [-0.15, -0.1) is 0 Å². The molecular formula is C42H71N11O11. The van der Waals surface area contributed by atoms with Crippen molar-refractivity contribution in [2.45, 2.75) is 141 Å². The molecule has 1 aromatic carbocycles. The third kappa shape index (κ3) is 19.8. The van der Waals surface area contributed by atoms with Gasteiger partial charge >= 0.3 is 0 Å². The number of aliphatic hydroxyl groups is 2. The standard InChI is InChI=1S/C42H71N11O11/c1-8-23(4)33(34(45)56)53-39(61)29(16-12-13-17-43)49-35(57)24(5)46-40(62)30(18-22(2)3)50-36(58)25(6)47-41(63)31(20-54)51-37(59)26(7)48-42(64)32(21-55)52-38(60)28(44)19-27-14-10-9-11-15-27/h9-11,14-15,22-26,28-33,54-55H,8,12-13,16-21,43-44H2,1-7H3,(H2,45,56)(H,46,62)(H,47,63)(H,48,64)(H,49,57)(H,50,58)(H,51,59)(H,52,60)(H,53,61)/t23-,24-,25-,26-,28-,29-,30-,31-,32-,33-/m0/s1. The molecule has 64 heavy (non-hydrogen) atoms. The molecule has 0 spiro atoms. The fourth-order valence-corrected chi connectivity index (χ4v) is 6.10. The largest absolute Gasteiger partial charge is 0.394 e. The van der Waals surface area contributed by atoms with E-state index in [1.54, 1.807) is 51.1 Å². The Bertz CT molecular complexity index is 1720. The summed E-state index contributed by atoms with van der Waals surface area (Å²) in [5, 5.41) is 39.3. The SMILES string of the molecule is CC[C@H](C)[C@H](NC(=O)[C@H](CCCCN)NC(=O)[C@H](C)NC(=O)[C@H](CC(C)C)NC(=O)[C@H](C)NC(=O)[C@H](CO)NC(=O)[C@H](C)NC(=O)[C@H](CO)NC(=O)[C@@H](N)Cc1ccccc1)C(N)=O. The van der Waals surface area contributed by atoms with Gasteiger partial charge in [-0.05, 0) is 76.8 Å². The minimum Gasteiger partial charge on any atom is -0.394 e. The van der Waals surface area contributed by atoms with Gasteiger partial charge in [0, 0.05) is 0 Å². The molecule has 0 saturated heterocycles. The Balaban J connectivity index is 2.89. The quantitative estimate of drug-likeness (QED) is 0.0344. The molecule has 10 atom stereocenters. The molecule has 22 heteroatoms. The number of rotatable bonds is 29. The van der Waals surface area contributed by atoms with Crippen molar-refractivity contribution in [1.29, 1.82) is 0 Å². The monoisotopic (exact) mass is 906 g/mol. The van der Waals surface area contributed by atoms with Crippen LogP contribution in [0.25, 0.3) is 0 Å². The molecule has 0 heterocycles. The van der Waals surface area contributed by atoms with Gasteiger partial charge in [0.2, 0.25) is 53.2 Å².